The third kappa shape index (κ3) is 2.42. The molecule has 0 radical (unpaired) electrons. The van der Waals surface area contributed by atoms with Crippen LogP contribution in [0.25, 0.3) is 0 Å². The number of hydrogen-bond donors (Lipinski definition) is 0. The molecule has 4 heteroatoms. The minimum absolute atomic E-state index is 0.139. The van der Waals surface area contributed by atoms with Crippen LogP contribution in [0.4, 0.5) is 5.69 Å². The first-order valence-corrected chi connectivity index (χ1v) is 8.28. The van der Waals surface area contributed by atoms with Crippen molar-refractivity contribution in [2.75, 3.05) is 10.7 Å². The predicted octanol–water partition coefficient (Wildman–Crippen LogP) is 4.09. The summed E-state index contributed by atoms with van der Waals surface area (Å²) >= 11 is 3.42. The quantitative estimate of drug-likeness (QED) is 0.848. The summed E-state index contributed by atoms with van der Waals surface area (Å²) in [5.74, 6) is 0.769. The van der Waals surface area contributed by atoms with Gasteiger partial charge in [0.15, 0.2) is 0 Å². The molecule has 0 N–H and O–H groups in total. The topological polar surface area (TPSA) is 20.3 Å². The highest BCUT2D eigenvalue weighted by Gasteiger charge is 2.34. The summed E-state index contributed by atoms with van der Waals surface area (Å²) in [6.07, 6.45) is 1.03. The SMILES string of the molecule is CCc1ccc(N2C(=O)CS[C@H]2c2cccs2)cc1. The Labute approximate surface area is 121 Å². The van der Waals surface area contributed by atoms with Gasteiger partial charge in [0.2, 0.25) is 5.91 Å². The third-order valence-corrected chi connectivity index (χ3v) is 5.55. The van der Waals surface area contributed by atoms with E-state index in [0.717, 1.165) is 12.1 Å². The molecule has 0 spiro atoms. The van der Waals surface area contributed by atoms with Crippen LogP contribution in [0.1, 0.15) is 22.7 Å². The molecule has 1 aromatic carbocycles. The maximum absolute atomic E-state index is 12.1. The van der Waals surface area contributed by atoms with Crippen LogP contribution in [0, 0.1) is 0 Å². The number of carbonyl (C=O) groups excluding carboxylic acids is 1. The summed E-state index contributed by atoms with van der Waals surface area (Å²) < 4.78 is 0. The molecule has 1 atom stereocenters. The highest BCUT2D eigenvalue weighted by molar-refractivity contribution is 8.01. The highest BCUT2D eigenvalue weighted by Crippen LogP contribution is 2.43. The van der Waals surface area contributed by atoms with E-state index in [1.165, 1.54) is 10.4 Å². The van der Waals surface area contributed by atoms with Crippen LogP contribution < -0.4 is 4.90 Å². The van der Waals surface area contributed by atoms with Crippen molar-refractivity contribution < 1.29 is 4.79 Å². The molecular formula is C15H15NOS2. The number of hydrogen-bond acceptors (Lipinski definition) is 3. The number of nitrogens with zero attached hydrogens (tertiary/aromatic N) is 1. The molecule has 1 aliphatic heterocycles. The Kier molecular flexibility index (Phi) is 3.62. The summed E-state index contributed by atoms with van der Waals surface area (Å²) in [5.41, 5.74) is 2.31. The van der Waals surface area contributed by atoms with Gasteiger partial charge in [0, 0.05) is 10.6 Å². The molecule has 0 saturated carbocycles. The monoisotopic (exact) mass is 289 g/mol. The van der Waals surface area contributed by atoms with E-state index in [1.54, 1.807) is 23.1 Å². The van der Waals surface area contributed by atoms with E-state index in [4.69, 9.17) is 0 Å². The Morgan fingerprint density at radius 3 is 2.68 bits per heavy atom. The zero-order chi connectivity index (χ0) is 13.2. The van der Waals surface area contributed by atoms with Gasteiger partial charge in [0.1, 0.15) is 5.37 Å². The molecule has 1 amide bonds. The van der Waals surface area contributed by atoms with Gasteiger partial charge in [-0.05, 0) is 35.6 Å². The lowest BCUT2D eigenvalue weighted by molar-refractivity contribution is -0.115. The van der Waals surface area contributed by atoms with Crippen molar-refractivity contribution in [2.24, 2.45) is 0 Å². The summed E-state index contributed by atoms with van der Waals surface area (Å²) in [6.45, 7) is 2.14. The number of rotatable bonds is 3. The zero-order valence-corrected chi connectivity index (χ0v) is 12.3. The van der Waals surface area contributed by atoms with Crippen LogP contribution in [0.15, 0.2) is 41.8 Å². The average Bonchev–Trinajstić information content (AvgIpc) is 3.08. The van der Waals surface area contributed by atoms with Crippen LogP contribution in [0.5, 0.6) is 0 Å². The van der Waals surface area contributed by atoms with Crippen molar-refractivity contribution in [3.8, 4) is 0 Å². The minimum atomic E-state index is 0.139. The summed E-state index contributed by atoms with van der Waals surface area (Å²) in [7, 11) is 0. The van der Waals surface area contributed by atoms with Gasteiger partial charge in [-0.3, -0.25) is 9.69 Å². The first kappa shape index (κ1) is 12.8. The molecule has 2 aromatic rings. The van der Waals surface area contributed by atoms with Crippen molar-refractivity contribution in [3.63, 3.8) is 0 Å². The van der Waals surface area contributed by atoms with E-state index in [1.807, 2.05) is 11.0 Å². The number of amides is 1. The van der Waals surface area contributed by atoms with Crippen LogP contribution in [-0.2, 0) is 11.2 Å². The van der Waals surface area contributed by atoms with E-state index in [0.29, 0.717) is 5.75 Å². The van der Waals surface area contributed by atoms with Crippen LogP contribution in [-0.4, -0.2) is 11.7 Å². The first-order valence-electron chi connectivity index (χ1n) is 6.35. The molecule has 0 aliphatic carbocycles. The van der Waals surface area contributed by atoms with Crippen molar-refractivity contribution in [2.45, 2.75) is 18.7 Å². The maximum atomic E-state index is 12.1. The lowest BCUT2D eigenvalue weighted by Crippen LogP contribution is -2.27. The Hall–Kier alpha value is -1.26. The largest absolute Gasteiger partial charge is 0.294 e. The van der Waals surface area contributed by atoms with E-state index in [2.05, 4.69) is 42.6 Å². The van der Waals surface area contributed by atoms with E-state index >= 15 is 0 Å². The first-order chi connectivity index (χ1) is 9.29. The third-order valence-electron chi connectivity index (χ3n) is 3.28. The van der Waals surface area contributed by atoms with Gasteiger partial charge < -0.3 is 0 Å². The average molecular weight is 289 g/mol. The molecule has 1 aromatic heterocycles. The van der Waals surface area contributed by atoms with Gasteiger partial charge in [0.05, 0.1) is 5.75 Å². The van der Waals surface area contributed by atoms with Gasteiger partial charge in [-0.2, -0.15) is 0 Å². The van der Waals surface area contributed by atoms with Gasteiger partial charge in [-0.15, -0.1) is 23.1 Å². The molecule has 19 heavy (non-hydrogen) atoms. The number of benzene rings is 1. The second-order valence-corrected chi connectivity index (χ2v) is 6.51. The molecule has 1 aliphatic rings. The zero-order valence-electron chi connectivity index (χ0n) is 10.7. The number of thioether (sulfide) groups is 1. The molecule has 3 rings (SSSR count). The smallest absolute Gasteiger partial charge is 0.238 e. The summed E-state index contributed by atoms with van der Waals surface area (Å²) in [5, 5.41) is 2.21. The molecule has 0 unspecified atom stereocenters. The summed E-state index contributed by atoms with van der Waals surface area (Å²) in [6, 6.07) is 12.5. The molecule has 0 bridgehead atoms. The molecule has 1 saturated heterocycles. The van der Waals surface area contributed by atoms with Gasteiger partial charge in [0.25, 0.3) is 0 Å². The van der Waals surface area contributed by atoms with Crippen molar-refractivity contribution in [1.82, 2.24) is 0 Å². The van der Waals surface area contributed by atoms with Gasteiger partial charge >= 0.3 is 0 Å². The maximum Gasteiger partial charge on any atom is 0.238 e. The molecule has 98 valence electrons. The standard InChI is InChI=1S/C15H15NOS2/c1-2-11-5-7-12(8-6-11)16-14(17)10-19-15(16)13-4-3-9-18-13/h3-9,15H,2,10H2,1H3/t15-/m0/s1. The molecular weight excluding hydrogens is 274 g/mol. The van der Waals surface area contributed by atoms with Crippen molar-refractivity contribution in [1.29, 1.82) is 0 Å². The molecule has 2 heterocycles. The van der Waals surface area contributed by atoms with Crippen LogP contribution >= 0.6 is 23.1 Å². The number of thiophene rings is 1. The van der Waals surface area contributed by atoms with Crippen molar-refractivity contribution in [3.05, 3.63) is 52.2 Å². The Bertz CT molecular complexity index is 562. The number of aryl methyl sites for hydroxylation is 1. The highest BCUT2D eigenvalue weighted by atomic mass is 32.2. The Morgan fingerprint density at radius 1 is 1.26 bits per heavy atom. The molecule has 2 nitrogen and oxygen atoms in total. The second kappa shape index (κ2) is 5.39. The number of anilines is 1. The Morgan fingerprint density at radius 2 is 2.05 bits per heavy atom. The van der Waals surface area contributed by atoms with Gasteiger partial charge in [-0.1, -0.05) is 25.1 Å². The van der Waals surface area contributed by atoms with Gasteiger partial charge in [-0.25, -0.2) is 0 Å². The minimum Gasteiger partial charge on any atom is -0.294 e. The fourth-order valence-corrected chi connectivity index (χ4v) is 4.37. The fraction of sp³-hybridized carbons (Fsp3) is 0.267. The van der Waals surface area contributed by atoms with E-state index < -0.39 is 0 Å². The van der Waals surface area contributed by atoms with Crippen molar-refractivity contribution >= 4 is 34.7 Å². The van der Waals surface area contributed by atoms with Crippen LogP contribution in [0.3, 0.4) is 0 Å². The summed E-state index contributed by atoms with van der Waals surface area (Å²) in [4.78, 5) is 15.3. The normalized spacial score (nSPS) is 19.1. The number of carbonyl (C=O) groups is 1. The molecule has 1 fully saturated rings. The van der Waals surface area contributed by atoms with E-state index in [-0.39, 0.29) is 11.3 Å². The second-order valence-electron chi connectivity index (χ2n) is 4.46. The van der Waals surface area contributed by atoms with Crippen LogP contribution in [0.2, 0.25) is 0 Å². The lowest BCUT2D eigenvalue weighted by Gasteiger charge is -2.23. The van der Waals surface area contributed by atoms with E-state index in [9.17, 15) is 4.79 Å². The fourth-order valence-electron chi connectivity index (χ4n) is 2.24. The lowest BCUT2D eigenvalue weighted by atomic mass is 10.1. The Balaban J connectivity index is 1.93. The predicted molar refractivity (Wildman–Crippen MR) is 82.8 cm³/mol.